The molecule has 4 nitrogen and oxygen atoms in total. The number of benzene rings is 1. The Morgan fingerprint density at radius 2 is 2.05 bits per heavy atom. The molecule has 4 heteroatoms. The predicted octanol–water partition coefficient (Wildman–Crippen LogP) is 1.66. The lowest BCUT2D eigenvalue weighted by molar-refractivity contribution is -0.141. The van der Waals surface area contributed by atoms with Crippen molar-refractivity contribution in [1.82, 2.24) is 10.2 Å². The van der Waals surface area contributed by atoms with Crippen molar-refractivity contribution in [3.05, 3.63) is 35.9 Å². The van der Waals surface area contributed by atoms with Gasteiger partial charge in [-0.3, -0.25) is 9.59 Å². The van der Waals surface area contributed by atoms with Crippen LogP contribution in [-0.2, 0) is 15.1 Å². The molecule has 1 fully saturated rings. The van der Waals surface area contributed by atoms with E-state index < -0.39 is 5.54 Å². The number of likely N-dealkylation sites (tertiary alicyclic amines) is 1. The van der Waals surface area contributed by atoms with E-state index in [2.05, 4.69) is 5.32 Å². The third-order valence-corrected chi connectivity index (χ3v) is 3.76. The molecule has 19 heavy (non-hydrogen) atoms. The topological polar surface area (TPSA) is 49.4 Å². The normalized spacial score (nSPS) is 22.6. The van der Waals surface area contributed by atoms with E-state index in [0.29, 0.717) is 19.4 Å². The molecule has 1 aromatic rings. The van der Waals surface area contributed by atoms with Crippen LogP contribution in [0.25, 0.3) is 0 Å². The maximum Gasteiger partial charge on any atom is 0.250 e. The summed E-state index contributed by atoms with van der Waals surface area (Å²) in [5.41, 5.74) is 0.0666. The summed E-state index contributed by atoms with van der Waals surface area (Å²) in [7, 11) is 1.62. The van der Waals surface area contributed by atoms with Crippen molar-refractivity contribution in [2.24, 2.45) is 0 Å². The van der Waals surface area contributed by atoms with E-state index in [1.165, 1.54) is 0 Å². The van der Waals surface area contributed by atoms with Crippen LogP contribution in [-0.4, -0.2) is 30.3 Å². The zero-order chi connectivity index (χ0) is 13.9. The van der Waals surface area contributed by atoms with Gasteiger partial charge in [-0.25, -0.2) is 0 Å². The average Bonchev–Trinajstić information content (AvgIpc) is 2.78. The first-order valence-corrected chi connectivity index (χ1v) is 6.75. The first kappa shape index (κ1) is 13.6. The fraction of sp³-hybridized carbons (Fsp3) is 0.467. The highest BCUT2D eigenvalue weighted by atomic mass is 16.2. The molecule has 1 atom stereocenters. The molecule has 1 aromatic carbocycles. The van der Waals surface area contributed by atoms with Gasteiger partial charge in [-0.1, -0.05) is 37.3 Å². The largest absolute Gasteiger partial charge is 0.357 e. The minimum absolute atomic E-state index is 0.0642. The number of hydrogen-bond acceptors (Lipinski definition) is 2. The summed E-state index contributed by atoms with van der Waals surface area (Å²) in [6.07, 6.45) is 1.83. The lowest BCUT2D eigenvalue weighted by Gasteiger charge is -2.37. The van der Waals surface area contributed by atoms with Crippen LogP contribution in [0, 0.1) is 0 Å². The van der Waals surface area contributed by atoms with Crippen LogP contribution in [0.15, 0.2) is 30.3 Å². The van der Waals surface area contributed by atoms with Crippen LogP contribution in [0.5, 0.6) is 0 Å². The van der Waals surface area contributed by atoms with E-state index in [4.69, 9.17) is 0 Å². The molecular formula is C15H20N2O2. The lowest BCUT2D eigenvalue weighted by atomic mass is 9.86. The van der Waals surface area contributed by atoms with Crippen molar-refractivity contribution in [3.63, 3.8) is 0 Å². The summed E-state index contributed by atoms with van der Waals surface area (Å²) in [6, 6.07) is 9.59. The number of amides is 2. The molecule has 0 aliphatic carbocycles. The fourth-order valence-electron chi connectivity index (χ4n) is 2.90. The zero-order valence-electron chi connectivity index (χ0n) is 11.5. The summed E-state index contributed by atoms with van der Waals surface area (Å²) in [4.78, 5) is 26.3. The van der Waals surface area contributed by atoms with Crippen LogP contribution in [0.4, 0.5) is 0 Å². The number of rotatable bonds is 4. The Bertz CT molecular complexity index is 472. The monoisotopic (exact) mass is 260 g/mol. The molecular weight excluding hydrogens is 240 g/mol. The maximum absolute atomic E-state index is 12.5. The standard InChI is InChI=1S/C15H20N2O2/c1-3-11-17-13(18)9-10-15(17,14(19)16-2)12-7-5-4-6-8-12/h4-8H,3,9-11H2,1-2H3,(H,16,19). The van der Waals surface area contributed by atoms with Gasteiger partial charge in [0.25, 0.3) is 0 Å². The minimum Gasteiger partial charge on any atom is -0.357 e. The van der Waals surface area contributed by atoms with Crippen LogP contribution < -0.4 is 5.32 Å². The molecule has 0 spiro atoms. The van der Waals surface area contributed by atoms with Crippen LogP contribution >= 0.6 is 0 Å². The molecule has 2 amide bonds. The van der Waals surface area contributed by atoms with Crippen molar-refractivity contribution < 1.29 is 9.59 Å². The highest BCUT2D eigenvalue weighted by Gasteiger charge is 2.51. The molecule has 0 radical (unpaired) electrons. The van der Waals surface area contributed by atoms with Crippen LogP contribution in [0.3, 0.4) is 0 Å². The van der Waals surface area contributed by atoms with Crippen LogP contribution in [0.2, 0.25) is 0 Å². The number of nitrogens with zero attached hydrogens (tertiary/aromatic N) is 1. The van der Waals surface area contributed by atoms with E-state index in [0.717, 1.165) is 12.0 Å². The molecule has 1 aliphatic heterocycles. The van der Waals surface area contributed by atoms with E-state index in [1.807, 2.05) is 37.3 Å². The molecule has 0 aromatic heterocycles. The van der Waals surface area contributed by atoms with Crippen molar-refractivity contribution in [1.29, 1.82) is 0 Å². The molecule has 1 saturated heterocycles. The van der Waals surface area contributed by atoms with Gasteiger partial charge < -0.3 is 10.2 Å². The van der Waals surface area contributed by atoms with Gasteiger partial charge in [0, 0.05) is 20.0 Å². The molecule has 1 unspecified atom stereocenters. The van der Waals surface area contributed by atoms with Gasteiger partial charge >= 0.3 is 0 Å². The van der Waals surface area contributed by atoms with Crippen LogP contribution in [0.1, 0.15) is 31.7 Å². The lowest BCUT2D eigenvalue weighted by Crippen LogP contribution is -2.53. The Morgan fingerprint density at radius 1 is 1.37 bits per heavy atom. The average molecular weight is 260 g/mol. The van der Waals surface area contributed by atoms with Crippen molar-refractivity contribution in [2.75, 3.05) is 13.6 Å². The Labute approximate surface area is 113 Å². The second-order valence-electron chi connectivity index (χ2n) is 4.85. The molecule has 1 aliphatic rings. The molecule has 1 heterocycles. The SMILES string of the molecule is CCCN1C(=O)CCC1(C(=O)NC)c1ccccc1. The van der Waals surface area contributed by atoms with Gasteiger partial charge in [0.15, 0.2) is 0 Å². The van der Waals surface area contributed by atoms with E-state index in [9.17, 15) is 9.59 Å². The number of likely N-dealkylation sites (N-methyl/N-ethyl adjacent to an activating group) is 1. The molecule has 102 valence electrons. The summed E-state index contributed by atoms with van der Waals surface area (Å²) >= 11 is 0. The van der Waals surface area contributed by atoms with E-state index >= 15 is 0 Å². The maximum atomic E-state index is 12.5. The van der Waals surface area contributed by atoms with Crippen molar-refractivity contribution in [2.45, 2.75) is 31.7 Å². The Morgan fingerprint density at radius 3 is 2.63 bits per heavy atom. The smallest absolute Gasteiger partial charge is 0.250 e. The third kappa shape index (κ3) is 2.11. The second kappa shape index (κ2) is 5.43. The third-order valence-electron chi connectivity index (χ3n) is 3.76. The fourth-order valence-corrected chi connectivity index (χ4v) is 2.90. The van der Waals surface area contributed by atoms with E-state index in [-0.39, 0.29) is 11.8 Å². The first-order chi connectivity index (χ1) is 9.16. The highest BCUT2D eigenvalue weighted by molar-refractivity contribution is 5.95. The summed E-state index contributed by atoms with van der Waals surface area (Å²) in [5, 5.41) is 2.72. The Hall–Kier alpha value is -1.84. The van der Waals surface area contributed by atoms with Gasteiger partial charge in [0.1, 0.15) is 5.54 Å². The number of nitrogens with one attached hydrogen (secondary N) is 1. The van der Waals surface area contributed by atoms with Crippen molar-refractivity contribution >= 4 is 11.8 Å². The number of carbonyl (C=O) groups is 2. The summed E-state index contributed by atoms with van der Waals surface area (Å²) < 4.78 is 0. The van der Waals surface area contributed by atoms with E-state index in [1.54, 1.807) is 11.9 Å². The highest BCUT2D eigenvalue weighted by Crippen LogP contribution is 2.39. The van der Waals surface area contributed by atoms with Gasteiger partial charge in [-0.15, -0.1) is 0 Å². The quantitative estimate of drug-likeness (QED) is 0.895. The van der Waals surface area contributed by atoms with Gasteiger partial charge in [-0.2, -0.15) is 0 Å². The predicted molar refractivity (Wildman–Crippen MR) is 73.4 cm³/mol. The van der Waals surface area contributed by atoms with Gasteiger partial charge in [-0.05, 0) is 18.4 Å². The van der Waals surface area contributed by atoms with Gasteiger partial charge in [0.05, 0.1) is 0 Å². The summed E-state index contributed by atoms with van der Waals surface area (Å²) in [5.74, 6) is -0.0349. The molecule has 0 bridgehead atoms. The zero-order valence-corrected chi connectivity index (χ0v) is 11.5. The summed E-state index contributed by atoms with van der Waals surface area (Å²) in [6.45, 7) is 2.63. The first-order valence-electron chi connectivity index (χ1n) is 6.75. The second-order valence-corrected chi connectivity index (χ2v) is 4.85. The number of carbonyl (C=O) groups excluding carboxylic acids is 2. The van der Waals surface area contributed by atoms with Crippen molar-refractivity contribution in [3.8, 4) is 0 Å². The molecule has 1 N–H and O–H groups in total. The minimum atomic E-state index is -0.830. The molecule has 2 rings (SSSR count). The molecule has 0 saturated carbocycles. The Balaban J connectivity index is 2.52. The van der Waals surface area contributed by atoms with Gasteiger partial charge in [0.2, 0.25) is 11.8 Å². The Kier molecular flexibility index (Phi) is 3.88. The number of hydrogen-bond donors (Lipinski definition) is 1.